The van der Waals surface area contributed by atoms with Gasteiger partial charge in [0.2, 0.25) is 11.8 Å². The number of ketones is 1. The maximum Gasteiger partial charge on any atom is 0.237 e. The minimum absolute atomic E-state index is 0.0111. The first-order valence-electron chi connectivity index (χ1n) is 16.1. The van der Waals surface area contributed by atoms with Crippen LogP contribution >= 0.6 is 11.8 Å². The van der Waals surface area contributed by atoms with E-state index >= 15 is 0 Å². The van der Waals surface area contributed by atoms with Crippen LogP contribution in [0, 0.1) is 5.41 Å². The largest absolute Gasteiger partial charge is 0.486 e. The predicted octanol–water partition coefficient (Wildman–Crippen LogP) is 5.23. The molecular weight excluding hydrogens is 572 g/mol. The number of carbonyl (C=O) groups is 3. The molecule has 0 bridgehead atoms. The van der Waals surface area contributed by atoms with Crippen molar-refractivity contribution in [3.8, 4) is 5.75 Å². The van der Waals surface area contributed by atoms with Gasteiger partial charge in [0.1, 0.15) is 16.7 Å². The average Bonchev–Trinajstić information content (AvgIpc) is 3.30. The first kappa shape index (κ1) is 31.0. The zero-order valence-corrected chi connectivity index (χ0v) is 27.4. The lowest BCUT2D eigenvalue weighted by Crippen LogP contribution is -2.52. The highest BCUT2D eigenvalue weighted by Gasteiger charge is 2.46. The van der Waals surface area contributed by atoms with E-state index in [4.69, 9.17) is 4.74 Å². The number of fused-ring (bicyclic) bond motifs is 1. The Bertz CT molecular complexity index is 1390. The van der Waals surface area contributed by atoms with Gasteiger partial charge in [0.05, 0.1) is 17.2 Å². The second-order valence-electron chi connectivity index (χ2n) is 14.1. The highest BCUT2D eigenvalue weighted by molar-refractivity contribution is 8.01. The summed E-state index contributed by atoms with van der Waals surface area (Å²) >= 11 is 1.64. The molecule has 2 atom stereocenters. The van der Waals surface area contributed by atoms with Gasteiger partial charge in [-0.25, -0.2) is 0 Å². The van der Waals surface area contributed by atoms with E-state index in [1.165, 1.54) is 11.3 Å². The van der Waals surface area contributed by atoms with Crippen LogP contribution in [0.5, 0.6) is 5.75 Å². The van der Waals surface area contributed by atoms with E-state index < -0.39 is 10.9 Å². The van der Waals surface area contributed by atoms with Gasteiger partial charge in [-0.1, -0.05) is 51.1 Å². The van der Waals surface area contributed by atoms with E-state index in [0.717, 1.165) is 32.6 Å². The number of carbonyl (C=O) groups excluding carboxylic acids is 3. The standard InChI is InChI=1S/C35H46N4O4S/c1-34(2,3)13-18-39-32(42)30(44-33(39)25-9-5-7-11-27(25)37-21-19-36(4)20-22-37)23-31(41)38-16-14-35(15-17-38)24-28(40)26-10-6-8-12-29(26)43-35/h5-12,30,33H,13-24H2,1-4H3. The highest BCUT2D eigenvalue weighted by atomic mass is 32.2. The lowest BCUT2D eigenvalue weighted by molar-refractivity contribution is -0.138. The Morgan fingerprint density at radius 1 is 0.955 bits per heavy atom. The molecule has 0 aromatic heterocycles. The van der Waals surface area contributed by atoms with Gasteiger partial charge in [-0.3, -0.25) is 14.4 Å². The molecule has 236 valence electrons. The molecule has 2 aromatic carbocycles. The van der Waals surface area contributed by atoms with Crippen molar-refractivity contribution in [3.63, 3.8) is 0 Å². The van der Waals surface area contributed by atoms with Crippen molar-refractivity contribution >= 4 is 35.0 Å². The quantitative estimate of drug-likeness (QED) is 0.439. The molecule has 3 saturated heterocycles. The van der Waals surface area contributed by atoms with Crippen molar-refractivity contribution < 1.29 is 19.1 Å². The van der Waals surface area contributed by atoms with Gasteiger partial charge >= 0.3 is 0 Å². The molecule has 3 fully saturated rings. The molecular formula is C35H46N4O4S. The van der Waals surface area contributed by atoms with Gasteiger partial charge in [-0.15, -0.1) is 11.8 Å². The molecule has 0 N–H and O–H groups in total. The van der Waals surface area contributed by atoms with Crippen LogP contribution < -0.4 is 9.64 Å². The third-order valence-electron chi connectivity index (χ3n) is 9.67. The Morgan fingerprint density at radius 2 is 1.64 bits per heavy atom. The normalized spacial score (nSPS) is 24.0. The number of ether oxygens (including phenoxy) is 1. The number of hydrogen-bond donors (Lipinski definition) is 0. The maximum absolute atomic E-state index is 14.0. The summed E-state index contributed by atoms with van der Waals surface area (Å²) in [6.45, 7) is 12.3. The molecule has 8 nitrogen and oxygen atoms in total. The number of piperazine rings is 1. The topological polar surface area (TPSA) is 73.4 Å². The number of anilines is 1. The Kier molecular flexibility index (Phi) is 8.72. The molecule has 1 spiro atoms. The minimum atomic E-state index is -0.554. The van der Waals surface area contributed by atoms with Crippen molar-refractivity contribution in [2.24, 2.45) is 5.41 Å². The van der Waals surface area contributed by atoms with E-state index in [0.29, 0.717) is 50.2 Å². The Hall–Kier alpha value is -3.04. The van der Waals surface area contributed by atoms with Crippen molar-refractivity contribution in [1.82, 2.24) is 14.7 Å². The number of benzene rings is 2. The number of para-hydroxylation sites is 2. The molecule has 4 heterocycles. The van der Waals surface area contributed by atoms with Crippen LogP contribution in [0.3, 0.4) is 0 Å². The second kappa shape index (κ2) is 12.4. The number of amides is 2. The molecule has 0 aliphatic carbocycles. The number of thioether (sulfide) groups is 1. The van der Waals surface area contributed by atoms with Gasteiger partial charge in [0, 0.05) is 76.3 Å². The van der Waals surface area contributed by atoms with E-state index in [2.05, 4.69) is 61.9 Å². The summed E-state index contributed by atoms with van der Waals surface area (Å²) in [7, 11) is 2.16. The van der Waals surface area contributed by atoms with Crippen LogP contribution in [-0.4, -0.2) is 96.0 Å². The number of hydrogen-bond acceptors (Lipinski definition) is 7. The van der Waals surface area contributed by atoms with Crippen LogP contribution in [0.2, 0.25) is 0 Å². The number of likely N-dealkylation sites (tertiary alicyclic amines) is 1. The van der Waals surface area contributed by atoms with Crippen LogP contribution in [0.4, 0.5) is 5.69 Å². The van der Waals surface area contributed by atoms with Crippen molar-refractivity contribution in [3.05, 3.63) is 59.7 Å². The van der Waals surface area contributed by atoms with Crippen LogP contribution in [-0.2, 0) is 9.59 Å². The van der Waals surface area contributed by atoms with Gasteiger partial charge < -0.3 is 24.3 Å². The van der Waals surface area contributed by atoms with Gasteiger partial charge in [-0.05, 0) is 37.1 Å². The van der Waals surface area contributed by atoms with Crippen LogP contribution in [0.25, 0.3) is 0 Å². The van der Waals surface area contributed by atoms with Crippen molar-refractivity contribution in [1.29, 1.82) is 0 Å². The fraction of sp³-hybridized carbons (Fsp3) is 0.571. The zero-order valence-electron chi connectivity index (χ0n) is 26.6. The molecule has 2 unspecified atom stereocenters. The van der Waals surface area contributed by atoms with E-state index in [1.54, 1.807) is 11.8 Å². The second-order valence-corrected chi connectivity index (χ2v) is 15.4. The van der Waals surface area contributed by atoms with Gasteiger partial charge in [0.25, 0.3) is 0 Å². The van der Waals surface area contributed by atoms with Crippen molar-refractivity contribution in [2.45, 2.75) is 69.1 Å². The molecule has 0 saturated carbocycles. The average molecular weight is 619 g/mol. The van der Waals surface area contributed by atoms with Crippen molar-refractivity contribution in [2.75, 3.05) is 57.8 Å². The van der Waals surface area contributed by atoms with Gasteiger partial charge in [0.15, 0.2) is 5.78 Å². The summed E-state index contributed by atoms with van der Waals surface area (Å²) in [5, 5.41) is -0.534. The molecule has 2 aromatic rings. The molecule has 44 heavy (non-hydrogen) atoms. The highest BCUT2D eigenvalue weighted by Crippen LogP contribution is 2.48. The molecule has 4 aliphatic rings. The fourth-order valence-corrected chi connectivity index (χ4v) is 8.36. The summed E-state index contributed by atoms with van der Waals surface area (Å²) in [4.78, 5) is 49.2. The molecule has 9 heteroatoms. The number of likely N-dealkylation sites (N-methyl/N-ethyl adjacent to an activating group) is 1. The number of nitrogens with zero attached hydrogens (tertiary/aromatic N) is 4. The lowest BCUT2D eigenvalue weighted by atomic mass is 9.82. The maximum atomic E-state index is 14.0. The smallest absolute Gasteiger partial charge is 0.237 e. The van der Waals surface area contributed by atoms with E-state index in [9.17, 15) is 14.4 Å². The predicted molar refractivity (Wildman–Crippen MR) is 175 cm³/mol. The summed E-state index contributed by atoms with van der Waals surface area (Å²) in [5.41, 5.74) is 2.55. The SMILES string of the molecule is CN1CCN(c2ccccc2C2SC(CC(=O)N3CCC4(CC3)CC(=O)c3ccccc3O4)C(=O)N2CCC(C)(C)C)CC1. The number of piperidine rings is 1. The third-order valence-corrected chi connectivity index (χ3v) is 11.1. The Balaban J connectivity index is 1.15. The van der Waals surface area contributed by atoms with E-state index in [-0.39, 0.29) is 34.8 Å². The van der Waals surface area contributed by atoms with Crippen LogP contribution in [0.15, 0.2) is 48.5 Å². The summed E-state index contributed by atoms with van der Waals surface area (Å²) in [5.74, 6) is 0.835. The summed E-state index contributed by atoms with van der Waals surface area (Å²) in [6.07, 6.45) is 2.66. The zero-order chi connectivity index (χ0) is 31.1. The Morgan fingerprint density at radius 3 is 2.36 bits per heavy atom. The van der Waals surface area contributed by atoms with E-state index in [1.807, 2.05) is 34.1 Å². The molecule has 6 rings (SSSR count). The Labute approximate surface area is 266 Å². The molecule has 0 radical (unpaired) electrons. The first-order chi connectivity index (χ1) is 21.0. The first-order valence-corrected chi connectivity index (χ1v) is 17.0. The van der Waals surface area contributed by atoms with Crippen LogP contribution in [0.1, 0.15) is 74.2 Å². The molecule has 4 aliphatic heterocycles. The lowest BCUT2D eigenvalue weighted by Gasteiger charge is -2.44. The van der Waals surface area contributed by atoms with Gasteiger partial charge in [-0.2, -0.15) is 0 Å². The summed E-state index contributed by atoms with van der Waals surface area (Å²) in [6, 6.07) is 15.9. The monoisotopic (exact) mass is 618 g/mol. The molecule has 2 amide bonds. The fourth-order valence-electron chi connectivity index (χ4n) is 6.85. The minimum Gasteiger partial charge on any atom is -0.486 e. The number of rotatable bonds is 6. The number of Topliss-reactive ketones (excluding diaryl/α,β-unsaturated/α-hetero) is 1. The third kappa shape index (κ3) is 6.50. The summed E-state index contributed by atoms with van der Waals surface area (Å²) < 4.78 is 6.38.